The molecule has 0 radical (unpaired) electrons. The van der Waals surface area contributed by atoms with E-state index in [4.69, 9.17) is 19.4 Å². The lowest BCUT2D eigenvalue weighted by Gasteiger charge is -2.33. The highest BCUT2D eigenvalue weighted by Crippen LogP contribution is 2.31. The third kappa shape index (κ3) is 8.23. The Bertz CT molecular complexity index is 870. The van der Waals surface area contributed by atoms with Crippen molar-refractivity contribution in [1.82, 2.24) is 4.90 Å². The van der Waals surface area contributed by atoms with Crippen LogP contribution in [0.15, 0.2) is 46.9 Å². The monoisotopic (exact) mass is 518 g/mol. The minimum atomic E-state index is -5.08. The van der Waals surface area contributed by atoms with Crippen LogP contribution < -0.4 is 14.8 Å². The molecule has 1 aliphatic heterocycles. The molecule has 0 amide bonds. The maximum absolute atomic E-state index is 10.6. The number of rotatable bonds is 6. The van der Waals surface area contributed by atoms with E-state index in [0.29, 0.717) is 6.04 Å². The van der Waals surface area contributed by atoms with Crippen molar-refractivity contribution in [3.8, 4) is 11.5 Å². The van der Waals surface area contributed by atoms with E-state index in [1.807, 2.05) is 18.2 Å². The fourth-order valence-corrected chi connectivity index (χ4v) is 3.49. The van der Waals surface area contributed by atoms with Gasteiger partial charge in [0, 0.05) is 36.2 Å². The standard InChI is InChI=1S/C20H25BrN2O2.C2HF3O2/c1-24-18-7-8-20(25-2)19(13-18)22-17-9-11-23(12-10-17)14-15-3-5-16(21)6-4-15;3-2(4,5)1(6)7/h3-8,13,17,22H,9-12,14H2,1-2H3;(H,6,7). The number of ether oxygens (including phenoxy) is 2. The average Bonchev–Trinajstić information content (AvgIpc) is 2.76. The third-order valence-electron chi connectivity index (χ3n) is 4.92. The molecule has 0 aliphatic carbocycles. The molecule has 1 fully saturated rings. The number of methoxy groups -OCH3 is 2. The van der Waals surface area contributed by atoms with Crippen LogP contribution in [0.1, 0.15) is 18.4 Å². The molecule has 0 unspecified atom stereocenters. The number of carboxylic acid groups (broad SMARTS) is 1. The number of carbonyl (C=O) groups is 1. The molecule has 1 heterocycles. The number of alkyl halides is 3. The Labute approximate surface area is 193 Å². The second kappa shape index (κ2) is 12.0. The van der Waals surface area contributed by atoms with Crippen LogP contribution in [-0.4, -0.2) is 55.5 Å². The Balaban J connectivity index is 0.000000451. The van der Waals surface area contributed by atoms with Crippen LogP contribution in [0, 0.1) is 0 Å². The van der Waals surface area contributed by atoms with Crippen molar-refractivity contribution in [2.75, 3.05) is 32.6 Å². The van der Waals surface area contributed by atoms with Crippen molar-refractivity contribution in [2.24, 2.45) is 0 Å². The molecule has 32 heavy (non-hydrogen) atoms. The summed E-state index contributed by atoms with van der Waals surface area (Å²) in [4.78, 5) is 11.4. The van der Waals surface area contributed by atoms with E-state index in [2.05, 4.69) is 50.4 Å². The highest BCUT2D eigenvalue weighted by Gasteiger charge is 2.38. The van der Waals surface area contributed by atoms with Crippen molar-refractivity contribution in [2.45, 2.75) is 31.6 Å². The van der Waals surface area contributed by atoms with E-state index in [9.17, 15) is 13.2 Å². The number of aliphatic carboxylic acids is 1. The molecular formula is C22H26BrF3N2O4. The van der Waals surface area contributed by atoms with Crippen LogP contribution in [-0.2, 0) is 11.3 Å². The maximum atomic E-state index is 10.6. The van der Waals surface area contributed by atoms with Gasteiger partial charge in [-0.05, 0) is 42.7 Å². The molecule has 10 heteroatoms. The molecule has 0 aromatic heterocycles. The number of piperidine rings is 1. The van der Waals surface area contributed by atoms with Gasteiger partial charge in [-0.3, -0.25) is 4.90 Å². The average molecular weight is 519 g/mol. The van der Waals surface area contributed by atoms with Crippen molar-refractivity contribution in [3.05, 3.63) is 52.5 Å². The molecule has 0 spiro atoms. The zero-order valence-corrected chi connectivity index (χ0v) is 19.4. The number of nitrogens with zero attached hydrogens (tertiary/aromatic N) is 1. The predicted octanol–water partition coefficient (Wildman–Crippen LogP) is 5.18. The first kappa shape index (κ1) is 25.8. The molecule has 1 saturated heterocycles. The van der Waals surface area contributed by atoms with Gasteiger partial charge in [-0.15, -0.1) is 0 Å². The molecule has 2 aromatic rings. The summed E-state index contributed by atoms with van der Waals surface area (Å²) in [5, 5.41) is 10.8. The van der Waals surface area contributed by atoms with Gasteiger partial charge in [0.15, 0.2) is 0 Å². The van der Waals surface area contributed by atoms with Crippen LogP contribution in [0.25, 0.3) is 0 Å². The summed E-state index contributed by atoms with van der Waals surface area (Å²) < 4.78 is 43.7. The largest absolute Gasteiger partial charge is 0.497 e. The molecule has 2 aromatic carbocycles. The van der Waals surface area contributed by atoms with E-state index >= 15 is 0 Å². The quantitative estimate of drug-likeness (QED) is 0.549. The Kier molecular flexibility index (Phi) is 9.64. The molecular weight excluding hydrogens is 493 g/mol. The van der Waals surface area contributed by atoms with Gasteiger partial charge in [0.25, 0.3) is 0 Å². The second-order valence-electron chi connectivity index (χ2n) is 7.19. The highest BCUT2D eigenvalue weighted by atomic mass is 79.9. The molecule has 6 nitrogen and oxygen atoms in total. The van der Waals surface area contributed by atoms with Gasteiger partial charge in [-0.1, -0.05) is 28.1 Å². The van der Waals surface area contributed by atoms with Gasteiger partial charge in [-0.25, -0.2) is 4.79 Å². The summed E-state index contributed by atoms with van der Waals surface area (Å²) >= 11 is 3.49. The summed E-state index contributed by atoms with van der Waals surface area (Å²) in [5.41, 5.74) is 2.37. The highest BCUT2D eigenvalue weighted by molar-refractivity contribution is 9.10. The Morgan fingerprint density at radius 3 is 2.22 bits per heavy atom. The molecule has 176 valence electrons. The van der Waals surface area contributed by atoms with Crippen molar-refractivity contribution >= 4 is 27.6 Å². The van der Waals surface area contributed by atoms with Crippen LogP contribution in [0.5, 0.6) is 11.5 Å². The first-order valence-electron chi connectivity index (χ1n) is 9.88. The predicted molar refractivity (Wildman–Crippen MR) is 119 cm³/mol. The Morgan fingerprint density at radius 1 is 1.12 bits per heavy atom. The van der Waals surface area contributed by atoms with Crippen LogP contribution in [0.2, 0.25) is 0 Å². The Hall–Kier alpha value is -2.46. The summed E-state index contributed by atoms with van der Waals surface area (Å²) in [6.07, 6.45) is -2.84. The summed E-state index contributed by atoms with van der Waals surface area (Å²) in [5.74, 6) is -1.05. The summed E-state index contributed by atoms with van der Waals surface area (Å²) in [7, 11) is 3.39. The topological polar surface area (TPSA) is 71.0 Å². The van der Waals surface area contributed by atoms with Gasteiger partial charge in [0.05, 0.1) is 19.9 Å². The zero-order valence-electron chi connectivity index (χ0n) is 17.8. The number of carboxylic acids is 1. The van der Waals surface area contributed by atoms with Gasteiger partial charge in [0.1, 0.15) is 11.5 Å². The minimum Gasteiger partial charge on any atom is -0.497 e. The van der Waals surface area contributed by atoms with Gasteiger partial charge in [0.2, 0.25) is 0 Å². The van der Waals surface area contributed by atoms with E-state index in [1.165, 1.54) is 5.56 Å². The van der Waals surface area contributed by atoms with Crippen LogP contribution in [0.4, 0.5) is 18.9 Å². The molecule has 3 rings (SSSR count). The van der Waals surface area contributed by atoms with E-state index in [1.54, 1.807) is 14.2 Å². The number of anilines is 1. The zero-order chi connectivity index (χ0) is 23.7. The summed E-state index contributed by atoms with van der Waals surface area (Å²) in [6.45, 7) is 3.21. The third-order valence-corrected chi connectivity index (χ3v) is 5.44. The van der Waals surface area contributed by atoms with Gasteiger partial charge < -0.3 is 19.9 Å². The molecule has 0 bridgehead atoms. The smallest absolute Gasteiger partial charge is 0.490 e. The first-order valence-corrected chi connectivity index (χ1v) is 10.7. The van der Waals surface area contributed by atoms with E-state index in [-0.39, 0.29) is 0 Å². The van der Waals surface area contributed by atoms with E-state index in [0.717, 1.165) is 54.1 Å². The SMILES string of the molecule is COc1ccc(OC)c(NC2CCN(Cc3ccc(Br)cc3)CC2)c1.O=C(O)C(F)(F)F. The number of hydrogen-bond donors (Lipinski definition) is 2. The lowest BCUT2D eigenvalue weighted by atomic mass is 10.0. The number of hydrogen-bond acceptors (Lipinski definition) is 5. The lowest BCUT2D eigenvalue weighted by molar-refractivity contribution is -0.192. The second-order valence-corrected chi connectivity index (χ2v) is 8.11. The van der Waals surface area contributed by atoms with E-state index < -0.39 is 12.1 Å². The number of likely N-dealkylation sites (tertiary alicyclic amines) is 1. The maximum Gasteiger partial charge on any atom is 0.490 e. The molecule has 2 N–H and O–H groups in total. The van der Waals surface area contributed by atoms with Crippen LogP contribution >= 0.6 is 15.9 Å². The fraction of sp³-hybridized carbons (Fsp3) is 0.409. The first-order chi connectivity index (χ1) is 15.1. The van der Waals surface area contributed by atoms with Crippen LogP contribution in [0.3, 0.4) is 0 Å². The molecule has 1 aliphatic rings. The van der Waals surface area contributed by atoms with Gasteiger partial charge in [-0.2, -0.15) is 13.2 Å². The van der Waals surface area contributed by atoms with Gasteiger partial charge >= 0.3 is 12.1 Å². The van der Waals surface area contributed by atoms with Crippen molar-refractivity contribution < 1.29 is 32.5 Å². The summed E-state index contributed by atoms with van der Waals surface area (Å²) in [6, 6.07) is 14.9. The molecule has 0 saturated carbocycles. The fourth-order valence-electron chi connectivity index (χ4n) is 3.23. The normalized spacial score (nSPS) is 14.8. The lowest BCUT2D eigenvalue weighted by Crippen LogP contribution is -2.38. The molecule has 0 atom stereocenters. The van der Waals surface area contributed by atoms with Crippen molar-refractivity contribution in [1.29, 1.82) is 0 Å². The number of halogens is 4. The Morgan fingerprint density at radius 2 is 1.72 bits per heavy atom. The number of nitrogens with one attached hydrogen (secondary N) is 1. The van der Waals surface area contributed by atoms with Crippen molar-refractivity contribution in [3.63, 3.8) is 0 Å². The number of benzene rings is 2. The minimum absolute atomic E-state index is 0.460.